The first-order valence-electron chi connectivity index (χ1n) is 7.54. The third-order valence-corrected chi connectivity index (χ3v) is 4.23. The molecule has 7 heteroatoms. The number of nitrogens with one attached hydrogen (secondary N) is 1. The summed E-state index contributed by atoms with van der Waals surface area (Å²) in [7, 11) is 3.02. The minimum absolute atomic E-state index is 0.344. The fourth-order valence-corrected chi connectivity index (χ4v) is 2.76. The molecule has 0 radical (unpaired) electrons. The number of aryl methyl sites for hydroxylation is 1. The lowest BCUT2D eigenvalue weighted by atomic mass is 10.1. The van der Waals surface area contributed by atoms with Crippen molar-refractivity contribution in [2.75, 3.05) is 19.1 Å². The van der Waals surface area contributed by atoms with Crippen LogP contribution >= 0.6 is 11.8 Å². The molecule has 24 heavy (non-hydrogen) atoms. The van der Waals surface area contributed by atoms with Gasteiger partial charge in [0.25, 0.3) is 5.91 Å². The number of carbonyl (C=O) groups is 2. The standard InChI is InChI=1S/C17H21N3O3S/c1-20-15(11-14(19-20)12-7-5-4-6-8-12)16(21)18-13(9-10-24-3)17(22)23-2/h4-8,11,13H,9-10H2,1-3H3,(H,18,21)/t13-/m0/s1. The monoisotopic (exact) mass is 347 g/mol. The molecule has 0 spiro atoms. The number of thioether (sulfide) groups is 1. The van der Waals surface area contributed by atoms with Crippen LogP contribution in [-0.2, 0) is 16.6 Å². The third-order valence-electron chi connectivity index (χ3n) is 3.58. The zero-order chi connectivity index (χ0) is 17.5. The molecule has 6 nitrogen and oxygen atoms in total. The molecule has 128 valence electrons. The predicted molar refractivity (Wildman–Crippen MR) is 94.9 cm³/mol. The number of nitrogens with zero attached hydrogens (tertiary/aromatic N) is 2. The smallest absolute Gasteiger partial charge is 0.328 e. The molecule has 2 aromatic rings. The van der Waals surface area contributed by atoms with Crippen molar-refractivity contribution >= 4 is 23.6 Å². The number of amides is 1. The fourth-order valence-electron chi connectivity index (χ4n) is 2.29. The molecule has 0 saturated heterocycles. The molecule has 0 saturated carbocycles. The van der Waals surface area contributed by atoms with Gasteiger partial charge < -0.3 is 10.1 Å². The van der Waals surface area contributed by atoms with E-state index in [0.717, 1.165) is 11.3 Å². The molecule has 1 amide bonds. The molecule has 0 aliphatic carbocycles. The van der Waals surface area contributed by atoms with Crippen LogP contribution < -0.4 is 5.32 Å². The Morgan fingerprint density at radius 3 is 2.67 bits per heavy atom. The Kier molecular flexibility index (Phi) is 6.43. The van der Waals surface area contributed by atoms with E-state index < -0.39 is 12.0 Å². The van der Waals surface area contributed by atoms with Gasteiger partial charge in [-0.05, 0) is 24.5 Å². The highest BCUT2D eigenvalue weighted by atomic mass is 32.2. The van der Waals surface area contributed by atoms with Crippen LogP contribution in [0.3, 0.4) is 0 Å². The highest BCUT2D eigenvalue weighted by Gasteiger charge is 2.23. The molecule has 0 unspecified atom stereocenters. The summed E-state index contributed by atoms with van der Waals surface area (Å²) in [6, 6.07) is 10.7. The van der Waals surface area contributed by atoms with Crippen LogP contribution in [0.4, 0.5) is 0 Å². The van der Waals surface area contributed by atoms with E-state index in [1.165, 1.54) is 11.8 Å². The highest BCUT2D eigenvalue weighted by molar-refractivity contribution is 7.98. The lowest BCUT2D eigenvalue weighted by Crippen LogP contribution is -2.42. The van der Waals surface area contributed by atoms with E-state index in [4.69, 9.17) is 4.74 Å². The molecule has 0 bridgehead atoms. The van der Waals surface area contributed by atoms with Gasteiger partial charge in [0.05, 0.1) is 12.8 Å². The summed E-state index contributed by atoms with van der Waals surface area (Å²) >= 11 is 1.61. The Hall–Kier alpha value is -2.28. The number of methoxy groups -OCH3 is 1. The average molecular weight is 347 g/mol. The van der Waals surface area contributed by atoms with Crippen LogP contribution in [0.15, 0.2) is 36.4 Å². The van der Waals surface area contributed by atoms with Crippen molar-refractivity contribution < 1.29 is 14.3 Å². The number of esters is 1. The van der Waals surface area contributed by atoms with Crippen LogP contribution in [-0.4, -0.2) is 46.8 Å². The van der Waals surface area contributed by atoms with Crippen LogP contribution in [0.1, 0.15) is 16.9 Å². The molecule has 0 aliphatic heterocycles. The van der Waals surface area contributed by atoms with Gasteiger partial charge in [-0.1, -0.05) is 30.3 Å². The lowest BCUT2D eigenvalue weighted by Gasteiger charge is -2.15. The molecule has 2 rings (SSSR count). The molecule has 1 heterocycles. The number of carbonyl (C=O) groups excluding carboxylic acids is 2. The summed E-state index contributed by atoms with van der Waals surface area (Å²) in [6.07, 6.45) is 2.46. The number of aromatic nitrogens is 2. The van der Waals surface area contributed by atoms with Gasteiger partial charge in [0.15, 0.2) is 0 Å². The fraction of sp³-hybridized carbons (Fsp3) is 0.353. The summed E-state index contributed by atoms with van der Waals surface area (Å²) in [5.41, 5.74) is 2.04. The van der Waals surface area contributed by atoms with E-state index >= 15 is 0 Å². The largest absolute Gasteiger partial charge is 0.467 e. The maximum Gasteiger partial charge on any atom is 0.328 e. The van der Waals surface area contributed by atoms with E-state index in [-0.39, 0.29) is 5.91 Å². The van der Waals surface area contributed by atoms with Gasteiger partial charge in [-0.15, -0.1) is 0 Å². The maximum absolute atomic E-state index is 12.5. The first-order chi connectivity index (χ1) is 11.6. The summed E-state index contributed by atoms with van der Waals surface area (Å²) < 4.78 is 6.28. The summed E-state index contributed by atoms with van der Waals surface area (Å²) in [5, 5.41) is 7.11. The van der Waals surface area contributed by atoms with Crippen LogP contribution in [0.2, 0.25) is 0 Å². The Balaban J connectivity index is 2.17. The third kappa shape index (κ3) is 4.38. The number of hydrogen-bond acceptors (Lipinski definition) is 5. The number of rotatable bonds is 7. The topological polar surface area (TPSA) is 73.2 Å². The zero-order valence-corrected chi connectivity index (χ0v) is 14.8. The van der Waals surface area contributed by atoms with Gasteiger partial charge in [0.2, 0.25) is 0 Å². The number of hydrogen-bond donors (Lipinski definition) is 1. The van der Waals surface area contributed by atoms with Gasteiger partial charge in [0, 0.05) is 12.6 Å². The van der Waals surface area contributed by atoms with Crippen molar-refractivity contribution in [3.8, 4) is 11.3 Å². The van der Waals surface area contributed by atoms with Crippen LogP contribution in [0, 0.1) is 0 Å². The number of benzene rings is 1. The SMILES string of the molecule is COC(=O)[C@H](CCSC)NC(=O)c1cc(-c2ccccc2)nn1C. The second-order valence-electron chi connectivity index (χ2n) is 5.24. The summed E-state index contributed by atoms with van der Waals surface area (Å²) in [5.74, 6) is -0.0349. The minimum atomic E-state index is -0.662. The quantitative estimate of drug-likeness (QED) is 0.777. The van der Waals surface area contributed by atoms with Gasteiger partial charge in [-0.3, -0.25) is 9.48 Å². The van der Waals surface area contributed by atoms with E-state index in [9.17, 15) is 9.59 Å². The van der Waals surface area contributed by atoms with Crippen molar-refractivity contribution in [3.63, 3.8) is 0 Å². The second kappa shape index (κ2) is 8.54. The van der Waals surface area contributed by atoms with E-state index in [1.807, 2.05) is 36.6 Å². The zero-order valence-electron chi connectivity index (χ0n) is 14.0. The van der Waals surface area contributed by atoms with Gasteiger partial charge >= 0.3 is 5.97 Å². The molecule has 0 aliphatic rings. The van der Waals surface area contributed by atoms with Crippen molar-refractivity contribution in [1.29, 1.82) is 0 Å². The van der Waals surface area contributed by atoms with Gasteiger partial charge in [-0.2, -0.15) is 16.9 Å². The molecule has 0 fully saturated rings. The van der Waals surface area contributed by atoms with Crippen molar-refractivity contribution in [2.24, 2.45) is 7.05 Å². The van der Waals surface area contributed by atoms with E-state index in [2.05, 4.69) is 10.4 Å². The van der Waals surface area contributed by atoms with Crippen LogP contribution in [0.5, 0.6) is 0 Å². The average Bonchev–Trinajstić information content (AvgIpc) is 3.00. The Bertz CT molecular complexity index is 700. The molecular weight excluding hydrogens is 326 g/mol. The molecule has 1 N–H and O–H groups in total. The first-order valence-corrected chi connectivity index (χ1v) is 8.93. The molecular formula is C17H21N3O3S. The van der Waals surface area contributed by atoms with Crippen molar-refractivity contribution in [1.82, 2.24) is 15.1 Å². The predicted octanol–water partition coefficient (Wildman–Crippen LogP) is 2.11. The molecule has 1 atom stereocenters. The Labute approximate surface area is 145 Å². The van der Waals surface area contributed by atoms with E-state index in [0.29, 0.717) is 17.8 Å². The minimum Gasteiger partial charge on any atom is -0.467 e. The normalized spacial score (nSPS) is 11.8. The summed E-state index contributed by atoms with van der Waals surface area (Å²) in [6.45, 7) is 0. The van der Waals surface area contributed by atoms with E-state index in [1.54, 1.807) is 24.9 Å². The van der Waals surface area contributed by atoms with Crippen LogP contribution in [0.25, 0.3) is 11.3 Å². The lowest BCUT2D eigenvalue weighted by molar-refractivity contribution is -0.142. The van der Waals surface area contributed by atoms with Crippen molar-refractivity contribution in [3.05, 3.63) is 42.1 Å². The highest BCUT2D eigenvalue weighted by Crippen LogP contribution is 2.18. The molecule has 1 aromatic heterocycles. The Morgan fingerprint density at radius 1 is 1.33 bits per heavy atom. The Morgan fingerprint density at radius 2 is 2.04 bits per heavy atom. The van der Waals surface area contributed by atoms with Gasteiger partial charge in [-0.25, -0.2) is 4.79 Å². The number of ether oxygens (including phenoxy) is 1. The van der Waals surface area contributed by atoms with Crippen molar-refractivity contribution in [2.45, 2.75) is 12.5 Å². The maximum atomic E-state index is 12.5. The first kappa shape index (κ1) is 18.1. The summed E-state index contributed by atoms with van der Waals surface area (Å²) in [4.78, 5) is 24.3. The second-order valence-corrected chi connectivity index (χ2v) is 6.22. The molecule has 1 aromatic carbocycles. The van der Waals surface area contributed by atoms with Gasteiger partial charge in [0.1, 0.15) is 11.7 Å².